The lowest BCUT2D eigenvalue weighted by atomic mass is 9.77. The quantitative estimate of drug-likeness (QED) is 0.659. The van der Waals surface area contributed by atoms with Gasteiger partial charge in [0.2, 0.25) is 0 Å². The summed E-state index contributed by atoms with van der Waals surface area (Å²) in [6, 6.07) is 7.03. The predicted molar refractivity (Wildman–Crippen MR) is 77.6 cm³/mol. The monoisotopic (exact) mass is 232 g/mol. The van der Waals surface area contributed by atoms with Crippen molar-refractivity contribution in [1.29, 1.82) is 0 Å². The predicted octanol–water partition coefficient (Wildman–Crippen LogP) is 5.34. The summed E-state index contributed by atoms with van der Waals surface area (Å²) in [7, 11) is 0. The van der Waals surface area contributed by atoms with Crippen molar-refractivity contribution in [3.63, 3.8) is 0 Å². The summed E-state index contributed by atoms with van der Waals surface area (Å²) >= 11 is 0. The molecule has 0 aromatic heterocycles. The molecule has 0 saturated carbocycles. The fraction of sp³-hybridized carbons (Fsp3) is 0.647. The minimum Gasteiger partial charge on any atom is -0.0625 e. The largest absolute Gasteiger partial charge is 0.0625 e. The highest BCUT2D eigenvalue weighted by molar-refractivity contribution is 5.33. The Morgan fingerprint density at radius 1 is 1.06 bits per heavy atom. The third-order valence-corrected chi connectivity index (χ3v) is 3.79. The molecule has 1 aromatic carbocycles. The van der Waals surface area contributed by atoms with Crippen LogP contribution in [0.25, 0.3) is 0 Å². The molecule has 1 aromatic rings. The fourth-order valence-electron chi connectivity index (χ4n) is 2.16. The van der Waals surface area contributed by atoms with Gasteiger partial charge in [-0.25, -0.2) is 0 Å². The van der Waals surface area contributed by atoms with Crippen molar-refractivity contribution in [3.05, 3.63) is 34.9 Å². The maximum Gasteiger partial charge on any atom is -0.0142 e. The summed E-state index contributed by atoms with van der Waals surface area (Å²) in [4.78, 5) is 0. The van der Waals surface area contributed by atoms with Gasteiger partial charge in [0, 0.05) is 0 Å². The number of benzene rings is 1. The van der Waals surface area contributed by atoms with Crippen LogP contribution in [0, 0.1) is 18.3 Å². The molecule has 96 valence electrons. The highest BCUT2D eigenvalue weighted by Crippen LogP contribution is 2.35. The number of hydrogen-bond donors (Lipinski definition) is 0. The van der Waals surface area contributed by atoms with Crippen molar-refractivity contribution in [2.75, 3.05) is 0 Å². The highest BCUT2D eigenvalue weighted by Gasteiger charge is 2.21. The van der Waals surface area contributed by atoms with Gasteiger partial charge in [-0.15, -0.1) is 0 Å². The zero-order valence-corrected chi connectivity index (χ0v) is 12.6. The molecule has 0 fully saturated rings. The van der Waals surface area contributed by atoms with E-state index in [1.54, 1.807) is 0 Å². The molecule has 1 unspecified atom stereocenters. The van der Waals surface area contributed by atoms with Crippen LogP contribution in [0.15, 0.2) is 18.2 Å². The van der Waals surface area contributed by atoms with Gasteiger partial charge in [-0.3, -0.25) is 0 Å². The van der Waals surface area contributed by atoms with E-state index in [1.165, 1.54) is 23.1 Å². The third kappa shape index (κ3) is 3.87. The van der Waals surface area contributed by atoms with E-state index < -0.39 is 0 Å². The van der Waals surface area contributed by atoms with Gasteiger partial charge in [-0.2, -0.15) is 0 Å². The molecule has 17 heavy (non-hydrogen) atoms. The maximum atomic E-state index is 2.38. The first-order chi connectivity index (χ1) is 7.71. The average molecular weight is 232 g/mol. The summed E-state index contributed by atoms with van der Waals surface area (Å²) < 4.78 is 0. The van der Waals surface area contributed by atoms with Crippen LogP contribution in [0.3, 0.4) is 0 Å². The number of rotatable bonds is 3. The summed E-state index contributed by atoms with van der Waals surface area (Å²) in [6.45, 7) is 16.1. The molecule has 0 nitrogen and oxygen atoms in total. The first-order valence-electron chi connectivity index (χ1n) is 6.81. The van der Waals surface area contributed by atoms with Gasteiger partial charge in [0.1, 0.15) is 0 Å². The average Bonchev–Trinajstić information content (AvgIpc) is 2.18. The normalized spacial score (nSPS) is 14.1. The van der Waals surface area contributed by atoms with Gasteiger partial charge in [-0.1, -0.05) is 59.7 Å². The number of hydrogen-bond acceptors (Lipinski definition) is 0. The molecule has 1 rings (SSSR count). The van der Waals surface area contributed by atoms with E-state index in [2.05, 4.69) is 66.7 Å². The lowest BCUT2D eigenvalue weighted by molar-refractivity contribution is 0.339. The van der Waals surface area contributed by atoms with E-state index in [4.69, 9.17) is 0 Å². The second-order valence-corrected chi connectivity index (χ2v) is 6.87. The molecule has 0 N–H and O–H groups in total. The van der Waals surface area contributed by atoms with Gasteiger partial charge < -0.3 is 0 Å². The Hall–Kier alpha value is -0.780. The molecule has 0 amide bonds. The summed E-state index contributed by atoms with van der Waals surface area (Å²) in [5.41, 5.74) is 4.77. The Morgan fingerprint density at radius 3 is 2.06 bits per heavy atom. The van der Waals surface area contributed by atoms with E-state index in [1.807, 2.05) is 0 Å². The standard InChI is InChI=1S/C17H28/c1-12(2)10-15-8-9-16(11-13(15)3)14(4)17(5,6)7/h8-9,11-12,14H,10H2,1-7H3. The lowest BCUT2D eigenvalue weighted by Crippen LogP contribution is -2.15. The Kier molecular flexibility index (Phi) is 4.41. The van der Waals surface area contributed by atoms with Crippen molar-refractivity contribution in [3.8, 4) is 0 Å². The molecule has 0 aliphatic rings. The molecule has 0 heteroatoms. The van der Waals surface area contributed by atoms with Crippen LogP contribution in [-0.4, -0.2) is 0 Å². The van der Waals surface area contributed by atoms with E-state index in [9.17, 15) is 0 Å². The van der Waals surface area contributed by atoms with E-state index in [0.717, 1.165) is 5.92 Å². The van der Waals surface area contributed by atoms with Gasteiger partial charge in [-0.05, 0) is 47.3 Å². The molecular weight excluding hydrogens is 204 g/mol. The molecule has 0 bridgehead atoms. The molecule has 0 spiro atoms. The van der Waals surface area contributed by atoms with Crippen molar-refractivity contribution < 1.29 is 0 Å². The Balaban J connectivity index is 2.96. The van der Waals surface area contributed by atoms with E-state index >= 15 is 0 Å². The van der Waals surface area contributed by atoms with E-state index in [-0.39, 0.29) is 0 Å². The molecule has 1 atom stereocenters. The topological polar surface area (TPSA) is 0 Å². The maximum absolute atomic E-state index is 2.38. The van der Waals surface area contributed by atoms with Crippen LogP contribution in [0.2, 0.25) is 0 Å². The summed E-state index contributed by atoms with van der Waals surface area (Å²) in [6.07, 6.45) is 1.19. The number of aryl methyl sites for hydroxylation is 1. The van der Waals surface area contributed by atoms with Crippen molar-refractivity contribution >= 4 is 0 Å². The van der Waals surface area contributed by atoms with Crippen LogP contribution in [0.4, 0.5) is 0 Å². The minimum atomic E-state index is 0.339. The smallest absolute Gasteiger partial charge is 0.0142 e. The molecule has 0 aliphatic heterocycles. The van der Waals surface area contributed by atoms with Crippen LogP contribution in [0.5, 0.6) is 0 Å². The zero-order chi connectivity index (χ0) is 13.2. The summed E-state index contributed by atoms with van der Waals surface area (Å²) in [5, 5.41) is 0. The zero-order valence-electron chi connectivity index (χ0n) is 12.6. The first-order valence-corrected chi connectivity index (χ1v) is 6.81. The van der Waals surface area contributed by atoms with Gasteiger partial charge in [0.15, 0.2) is 0 Å². The Labute approximate surface area is 107 Å². The molecule has 0 heterocycles. The van der Waals surface area contributed by atoms with E-state index in [0.29, 0.717) is 11.3 Å². The van der Waals surface area contributed by atoms with Gasteiger partial charge in [0.25, 0.3) is 0 Å². The SMILES string of the molecule is Cc1cc(C(C)C(C)(C)C)ccc1CC(C)C. The van der Waals surface area contributed by atoms with Gasteiger partial charge >= 0.3 is 0 Å². The van der Waals surface area contributed by atoms with Crippen LogP contribution in [0.1, 0.15) is 64.2 Å². The van der Waals surface area contributed by atoms with Crippen molar-refractivity contribution in [1.82, 2.24) is 0 Å². The molecular formula is C17H28. The van der Waals surface area contributed by atoms with Crippen LogP contribution in [-0.2, 0) is 6.42 Å². The van der Waals surface area contributed by atoms with Crippen molar-refractivity contribution in [2.45, 2.75) is 60.8 Å². The van der Waals surface area contributed by atoms with Gasteiger partial charge in [0.05, 0.1) is 0 Å². The second-order valence-electron chi connectivity index (χ2n) is 6.87. The van der Waals surface area contributed by atoms with Crippen LogP contribution >= 0.6 is 0 Å². The van der Waals surface area contributed by atoms with Crippen molar-refractivity contribution in [2.24, 2.45) is 11.3 Å². The molecule has 0 saturated heterocycles. The summed E-state index contributed by atoms with van der Waals surface area (Å²) in [5.74, 6) is 1.34. The third-order valence-electron chi connectivity index (χ3n) is 3.79. The van der Waals surface area contributed by atoms with Crippen LogP contribution < -0.4 is 0 Å². The highest BCUT2D eigenvalue weighted by atomic mass is 14.3. The molecule has 0 radical (unpaired) electrons. The Bertz CT molecular complexity index is 366. The molecule has 0 aliphatic carbocycles. The minimum absolute atomic E-state index is 0.339. The lowest BCUT2D eigenvalue weighted by Gasteiger charge is -2.28. The second kappa shape index (κ2) is 5.25. The fourth-order valence-corrected chi connectivity index (χ4v) is 2.16. The first kappa shape index (κ1) is 14.3. The Morgan fingerprint density at radius 2 is 1.65 bits per heavy atom.